The van der Waals surface area contributed by atoms with Crippen molar-refractivity contribution < 1.29 is 29.2 Å². The summed E-state index contributed by atoms with van der Waals surface area (Å²) in [7, 11) is 1.59. The number of carbonyl (C=O) groups is 1. The molecule has 6 heteroatoms. The number of benzene rings is 1. The average molecular weight is 310 g/mol. The number of hydrogen-bond donors (Lipinski definition) is 2. The molecule has 1 rings (SSSR count). The molecular formula is C16H22O6. The smallest absolute Gasteiger partial charge is 0.330 e. The van der Waals surface area contributed by atoms with Gasteiger partial charge >= 0.3 is 5.97 Å². The van der Waals surface area contributed by atoms with Gasteiger partial charge in [-0.2, -0.15) is 0 Å². The van der Waals surface area contributed by atoms with E-state index in [0.29, 0.717) is 6.61 Å². The van der Waals surface area contributed by atoms with Gasteiger partial charge in [0.15, 0.2) is 0 Å². The van der Waals surface area contributed by atoms with Gasteiger partial charge in [-0.1, -0.05) is 12.1 Å². The van der Waals surface area contributed by atoms with E-state index in [-0.39, 0.29) is 13.2 Å². The van der Waals surface area contributed by atoms with E-state index in [1.165, 1.54) is 6.08 Å². The molecule has 0 aliphatic heterocycles. The Hall–Kier alpha value is -1.89. The van der Waals surface area contributed by atoms with E-state index in [0.717, 1.165) is 17.4 Å². The topological polar surface area (TPSA) is 85.2 Å². The van der Waals surface area contributed by atoms with Gasteiger partial charge in [0.05, 0.1) is 26.9 Å². The predicted octanol–water partition coefficient (Wildman–Crippen LogP) is 1.05. The highest BCUT2D eigenvalue weighted by molar-refractivity contribution is 5.81. The first kappa shape index (κ1) is 18.2. The van der Waals surface area contributed by atoms with Crippen LogP contribution in [-0.2, 0) is 20.9 Å². The number of ether oxygens (including phenoxy) is 3. The Labute approximate surface area is 129 Å². The zero-order chi connectivity index (χ0) is 16.4. The molecule has 0 heterocycles. The molecule has 0 fully saturated rings. The second-order valence-electron chi connectivity index (χ2n) is 4.53. The van der Waals surface area contributed by atoms with E-state index in [9.17, 15) is 15.0 Å². The van der Waals surface area contributed by atoms with Crippen LogP contribution in [0.15, 0.2) is 36.4 Å². The van der Waals surface area contributed by atoms with Crippen LogP contribution in [0.4, 0.5) is 0 Å². The lowest BCUT2D eigenvalue weighted by molar-refractivity contribution is -0.137. The Morgan fingerprint density at radius 3 is 2.55 bits per heavy atom. The summed E-state index contributed by atoms with van der Waals surface area (Å²) in [6.07, 6.45) is -0.0514. The minimum absolute atomic E-state index is 0.0552. The molecule has 0 aliphatic rings. The van der Waals surface area contributed by atoms with Gasteiger partial charge in [-0.3, -0.25) is 0 Å². The average Bonchev–Trinajstić information content (AvgIpc) is 2.53. The predicted molar refractivity (Wildman–Crippen MR) is 80.4 cm³/mol. The molecule has 0 amide bonds. The summed E-state index contributed by atoms with van der Waals surface area (Å²) in [4.78, 5) is 11.1. The van der Waals surface area contributed by atoms with Crippen molar-refractivity contribution in [2.45, 2.75) is 25.7 Å². The van der Waals surface area contributed by atoms with E-state index in [1.807, 2.05) is 24.3 Å². The molecule has 2 N–H and O–H groups in total. The van der Waals surface area contributed by atoms with Crippen molar-refractivity contribution in [1.82, 2.24) is 0 Å². The monoisotopic (exact) mass is 310 g/mol. The van der Waals surface area contributed by atoms with Crippen molar-refractivity contribution in [3.63, 3.8) is 0 Å². The van der Waals surface area contributed by atoms with E-state index in [4.69, 9.17) is 9.47 Å². The van der Waals surface area contributed by atoms with Crippen LogP contribution in [0.1, 0.15) is 12.5 Å². The zero-order valence-corrected chi connectivity index (χ0v) is 12.8. The minimum Gasteiger partial charge on any atom is -0.497 e. The molecule has 0 saturated heterocycles. The highest BCUT2D eigenvalue weighted by atomic mass is 16.5. The van der Waals surface area contributed by atoms with Crippen molar-refractivity contribution >= 4 is 5.97 Å². The fraction of sp³-hybridized carbons (Fsp3) is 0.438. The maximum atomic E-state index is 11.1. The fourth-order valence-electron chi connectivity index (χ4n) is 1.61. The van der Waals surface area contributed by atoms with Crippen molar-refractivity contribution in [2.24, 2.45) is 0 Å². The van der Waals surface area contributed by atoms with E-state index in [2.05, 4.69) is 4.74 Å². The largest absolute Gasteiger partial charge is 0.497 e. The third kappa shape index (κ3) is 6.71. The highest BCUT2D eigenvalue weighted by Gasteiger charge is 2.14. The third-order valence-corrected chi connectivity index (χ3v) is 2.83. The van der Waals surface area contributed by atoms with Gasteiger partial charge < -0.3 is 24.4 Å². The Kier molecular flexibility index (Phi) is 8.21. The lowest BCUT2D eigenvalue weighted by Gasteiger charge is -2.14. The lowest BCUT2D eigenvalue weighted by atomic mass is 10.2. The zero-order valence-electron chi connectivity index (χ0n) is 12.8. The standard InChI is InChI=1S/C16H22O6/c1-3-22-16(19)9-8-14(17)15(18)11-21-10-12-4-6-13(20-2)7-5-12/h4-9,14-15,17-18H,3,10-11H2,1-2H3/b9-8+/t14-,15-/m1/s1. The van der Waals surface area contributed by atoms with Gasteiger partial charge in [0, 0.05) is 6.08 Å². The van der Waals surface area contributed by atoms with E-state index in [1.54, 1.807) is 14.0 Å². The van der Waals surface area contributed by atoms with Crippen LogP contribution in [-0.4, -0.2) is 48.7 Å². The first-order chi connectivity index (χ1) is 10.6. The van der Waals surface area contributed by atoms with Crippen molar-refractivity contribution in [1.29, 1.82) is 0 Å². The van der Waals surface area contributed by atoms with Gasteiger partial charge in [-0.25, -0.2) is 4.79 Å². The molecule has 0 radical (unpaired) electrons. The fourth-order valence-corrected chi connectivity index (χ4v) is 1.61. The van der Waals surface area contributed by atoms with Crippen LogP contribution in [0.25, 0.3) is 0 Å². The molecule has 1 aromatic carbocycles. The number of hydrogen-bond acceptors (Lipinski definition) is 6. The quantitative estimate of drug-likeness (QED) is 0.524. The second kappa shape index (κ2) is 9.94. The highest BCUT2D eigenvalue weighted by Crippen LogP contribution is 2.12. The molecule has 0 bridgehead atoms. The summed E-state index contributed by atoms with van der Waals surface area (Å²) in [5, 5.41) is 19.4. The Morgan fingerprint density at radius 1 is 1.27 bits per heavy atom. The van der Waals surface area contributed by atoms with Gasteiger partial charge in [0.25, 0.3) is 0 Å². The summed E-state index contributed by atoms with van der Waals surface area (Å²) in [6, 6.07) is 7.32. The number of aliphatic hydroxyl groups is 2. The number of esters is 1. The number of methoxy groups -OCH3 is 1. The van der Waals surface area contributed by atoms with Crippen LogP contribution < -0.4 is 4.74 Å². The Bertz CT molecular complexity index is 468. The summed E-state index contributed by atoms with van der Waals surface area (Å²) >= 11 is 0. The molecule has 6 nitrogen and oxygen atoms in total. The van der Waals surface area contributed by atoms with Gasteiger partial charge in [-0.05, 0) is 30.7 Å². The molecule has 122 valence electrons. The van der Waals surface area contributed by atoms with Crippen LogP contribution in [0, 0.1) is 0 Å². The maximum absolute atomic E-state index is 11.1. The summed E-state index contributed by atoms with van der Waals surface area (Å²) in [5.41, 5.74) is 0.921. The second-order valence-corrected chi connectivity index (χ2v) is 4.53. The molecule has 0 aliphatic carbocycles. The molecule has 2 atom stereocenters. The normalized spacial score (nSPS) is 13.8. The van der Waals surface area contributed by atoms with Crippen LogP contribution in [0.3, 0.4) is 0 Å². The first-order valence-corrected chi connectivity index (χ1v) is 6.98. The third-order valence-electron chi connectivity index (χ3n) is 2.83. The molecule has 0 unspecified atom stereocenters. The molecule has 0 aromatic heterocycles. The van der Waals surface area contributed by atoms with Crippen molar-refractivity contribution in [3.8, 4) is 5.75 Å². The molecule has 0 spiro atoms. The van der Waals surface area contributed by atoms with E-state index < -0.39 is 18.2 Å². The summed E-state index contributed by atoms with van der Waals surface area (Å²) < 4.78 is 15.0. The number of carbonyl (C=O) groups excluding carboxylic acids is 1. The van der Waals surface area contributed by atoms with E-state index >= 15 is 0 Å². The van der Waals surface area contributed by atoms with Crippen molar-refractivity contribution in [2.75, 3.05) is 20.3 Å². The van der Waals surface area contributed by atoms with Gasteiger partial charge in [-0.15, -0.1) is 0 Å². The Balaban J connectivity index is 2.32. The summed E-state index contributed by atoms with van der Waals surface area (Å²) in [6.45, 7) is 2.19. The van der Waals surface area contributed by atoms with Crippen molar-refractivity contribution in [3.05, 3.63) is 42.0 Å². The SMILES string of the molecule is CCOC(=O)/C=C/[C@@H](O)[C@H](O)COCc1ccc(OC)cc1. The lowest BCUT2D eigenvalue weighted by Crippen LogP contribution is -2.29. The van der Waals surface area contributed by atoms with Crippen LogP contribution in [0.5, 0.6) is 5.75 Å². The summed E-state index contributed by atoms with van der Waals surface area (Å²) in [5.74, 6) is 0.191. The molecular weight excluding hydrogens is 288 g/mol. The Morgan fingerprint density at radius 2 is 1.95 bits per heavy atom. The van der Waals surface area contributed by atoms with Crippen LogP contribution in [0.2, 0.25) is 0 Å². The molecule has 1 aromatic rings. The maximum Gasteiger partial charge on any atom is 0.330 e. The molecule has 22 heavy (non-hydrogen) atoms. The molecule has 0 saturated carbocycles. The number of aliphatic hydroxyl groups excluding tert-OH is 2. The number of rotatable bonds is 9. The van der Waals surface area contributed by atoms with Gasteiger partial charge in [0.2, 0.25) is 0 Å². The minimum atomic E-state index is -1.19. The van der Waals surface area contributed by atoms with Crippen LogP contribution >= 0.6 is 0 Å². The first-order valence-electron chi connectivity index (χ1n) is 6.98. The van der Waals surface area contributed by atoms with Gasteiger partial charge in [0.1, 0.15) is 18.0 Å².